The summed E-state index contributed by atoms with van der Waals surface area (Å²) in [5.41, 5.74) is 4.97. The Bertz CT molecular complexity index is 450. The van der Waals surface area contributed by atoms with Gasteiger partial charge in [0.25, 0.3) is 0 Å². The summed E-state index contributed by atoms with van der Waals surface area (Å²) in [4.78, 5) is 4.55. The molecule has 1 aliphatic heterocycles. The summed E-state index contributed by atoms with van der Waals surface area (Å²) in [7, 11) is 0. The molecule has 1 aliphatic carbocycles. The van der Waals surface area contributed by atoms with Crippen LogP contribution in [0.25, 0.3) is 5.57 Å². The van der Waals surface area contributed by atoms with Crippen molar-refractivity contribution in [3.05, 3.63) is 48.1 Å². The highest BCUT2D eigenvalue weighted by atomic mass is 14.8. The van der Waals surface area contributed by atoms with Gasteiger partial charge in [-0.1, -0.05) is 30.4 Å². The Balaban J connectivity index is 2.32. The summed E-state index contributed by atoms with van der Waals surface area (Å²) in [5, 5.41) is 0. The highest BCUT2D eigenvalue weighted by Crippen LogP contribution is 2.35. The van der Waals surface area contributed by atoms with Gasteiger partial charge in [-0.05, 0) is 17.7 Å². The quantitative estimate of drug-likeness (QED) is 0.563. The number of rotatable bonds is 0. The maximum Gasteiger partial charge on any atom is 0.0708 e. The van der Waals surface area contributed by atoms with E-state index in [-0.39, 0.29) is 0 Å². The first-order chi connectivity index (χ1) is 6.43. The van der Waals surface area contributed by atoms with Gasteiger partial charge < -0.3 is 0 Å². The standard InChI is InChI=1S/C12H9N/c1-2-7-12-11(6-1)9-4-3-5-10(8-9)13-12/h1-7H,8H2. The van der Waals surface area contributed by atoms with Crippen molar-refractivity contribution in [2.45, 2.75) is 6.42 Å². The molecule has 1 heteroatoms. The molecule has 0 saturated carbocycles. The minimum Gasteiger partial charge on any atom is -0.252 e. The van der Waals surface area contributed by atoms with Crippen LogP contribution in [0.3, 0.4) is 0 Å². The van der Waals surface area contributed by atoms with Gasteiger partial charge in [-0.25, -0.2) is 0 Å². The molecule has 3 rings (SSSR count). The van der Waals surface area contributed by atoms with E-state index >= 15 is 0 Å². The number of hydrogen-bond donors (Lipinski definition) is 0. The number of allylic oxidation sites excluding steroid dienone is 4. The summed E-state index contributed by atoms with van der Waals surface area (Å²) < 4.78 is 0. The zero-order valence-electron chi connectivity index (χ0n) is 7.20. The van der Waals surface area contributed by atoms with Crippen molar-refractivity contribution >= 4 is 17.0 Å². The van der Waals surface area contributed by atoms with Gasteiger partial charge >= 0.3 is 0 Å². The minimum absolute atomic E-state index is 0.994. The van der Waals surface area contributed by atoms with E-state index in [0.717, 1.165) is 12.1 Å². The molecular formula is C12H9N. The Kier molecular flexibility index (Phi) is 1.28. The van der Waals surface area contributed by atoms with Gasteiger partial charge in [-0.2, -0.15) is 0 Å². The van der Waals surface area contributed by atoms with Crippen LogP contribution in [0.15, 0.2) is 47.5 Å². The van der Waals surface area contributed by atoms with Crippen LogP contribution in [0.2, 0.25) is 0 Å². The highest BCUT2D eigenvalue weighted by molar-refractivity contribution is 6.09. The van der Waals surface area contributed by atoms with Crippen molar-refractivity contribution in [3.63, 3.8) is 0 Å². The number of hydrogen-bond acceptors (Lipinski definition) is 1. The lowest BCUT2D eigenvalue weighted by molar-refractivity contribution is 1.33. The average Bonchev–Trinajstić information content (AvgIpc) is 2.18. The van der Waals surface area contributed by atoms with Gasteiger partial charge in [0.05, 0.1) is 5.69 Å². The molecule has 0 N–H and O–H groups in total. The maximum atomic E-state index is 4.55. The monoisotopic (exact) mass is 167 g/mol. The zero-order valence-corrected chi connectivity index (χ0v) is 7.20. The van der Waals surface area contributed by atoms with E-state index in [1.165, 1.54) is 16.8 Å². The second kappa shape index (κ2) is 2.43. The molecule has 1 aromatic carbocycles. The van der Waals surface area contributed by atoms with Crippen LogP contribution in [0.5, 0.6) is 0 Å². The van der Waals surface area contributed by atoms with E-state index < -0.39 is 0 Å². The predicted octanol–water partition coefficient (Wildman–Crippen LogP) is 3.12. The van der Waals surface area contributed by atoms with Crippen molar-refractivity contribution in [1.82, 2.24) is 0 Å². The maximum absolute atomic E-state index is 4.55. The molecule has 0 unspecified atom stereocenters. The predicted molar refractivity (Wildman–Crippen MR) is 55.3 cm³/mol. The first kappa shape index (κ1) is 6.84. The molecule has 0 amide bonds. The van der Waals surface area contributed by atoms with Gasteiger partial charge in [0.15, 0.2) is 0 Å². The van der Waals surface area contributed by atoms with Gasteiger partial charge in [0, 0.05) is 17.7 Å². The molecule has 0 aromatic heterocycles. The number of nitrogens with zero attached hydrogens (tertiary/aromatic N) is 1. The van der Waals surface area contributed by atoms with Crippen molar-refractivity contribution in [2.75, 3.05) is 0 Å². The van der Waals surface area contributed by atoms with Gasteiger partial charge in [-0.15, -0.1) is 0 Å². The lowest BCUT2D eigenvalue weighted by atomic mass is 9.92. The molecule has 13 heavy (non-hydrogen) atoms. The zero-order chi connectivity index (χ0) is 8.67. The van der Waals surface area contributed by atoms with Crippen LogP contribution in [0, 0.1) is 0 Å². The highest BCUT2D eigenvalue weighted by Gasteiger charge is 2.15. The third kappa shape index (κ3) is 0.970. The molecule has 0 atom stereocenters. The van der Waals surface area contributed by atoms with E-state index in [4.69, 9.17) is 0 Å². The second-order valence-electron chi connectivity index (χ2n) is 3.35. The smallest absolute Gasteiger partial charge is 0.0708 e. The fraction of sp³-hybridized carbons (Fsp3) is 0.0833. The third-order valence-corrected chi connectivity index (χ3v) is 2.47. The molecule has 0 radical (unpaired) electrons. The first-order valence-electron chi connectivity index (χ1n) is 4.48. The molecule has 62 valence electrons. The summed E-state index contributed by atoms with van der Waals surface area (Å²) in [5.74, 6) is 0. The molecule has 1 nitrogen and oxygen atoms in total. The van der Waals surface area contributed by atoms with Crippen molar-refractivity contribution in [3.8, 4) is 0 Å². The summed E-state index contributed by atoms with van der Waals surface area (Å²) in [6.07, 6.45) is 7.33. The molecule has 0 spiro atoms. The van der Waals surface area contributed by atoms with Crippen LogP contribution >= 0.6 is 0 Å². The topological polar surface area (TPSA) is 12.4 Å². The largest absolute Gasteiger partial charge is 0.252 e. The number of fused-ring (bicyclic) bond motifs is 4. The van der Waals surface area contributed by atoms with E-state index in [9.17, 15) is 0 Å². The van der Waals surface area contributed by atoms with Crippen molar-refractivity contribution < 1.29 is 0 Å². The first-order valence-corrected chi connectivity index (χ1v) is 4.48. The van der Waals surface area contributed by atoms with E-state index in [0.29, 0.717) is 0 Å². The van der Waals surface area contributed by atoms with E-state index in [1.54, 1.807) is 0 Å². The van der Waals surface area contributed by atoms with Gasteiger partial charge in [-0.3, -0.25) is 4.99 Å². The van der Waals surface area contributed by atoms with Gasteiger partial charge in [0.1, 0.15) is 0 Å². The van der Waals surface area contributed by atoms with Crippen molar-refractivity contribution in [2.24, 2.45) is 4.99 Å². The lowest BCUT2D eigenvalue weighted by Gasteiger charge is -2.18. The Hall–Kier alpha value is -1.63. The van der Waals surface area contributed by atoms with Crippen LogP contribution in [0.4, 0.5) is 5.69 Å². The number of para-hydroxylation sites is 1. The third-order valence-electron chi connectivity index (χ3n) is 2.47. The van der Waals surface area contributed by atoms with Crippen LogP contribution < -0.4 is 0 Å². The Morgan fingerprint density at radius 2 is 2.08 bits per heavy atom. The molecule has 2 aliphatic rings. The fourth-order valence-electron chi connectivity index (χ4n) is 1.85. The SMILES string of the molecule is C1=CC2=Nc3ccccc3C(=C1)C2. The lowest BCUT2D eigenvalue weighted by Crippen LogP contribution is -2.04. The molecular weight excluding hydrogens is 158 g/mol. The molecule has 2 bridgehead atoms. The minimum atomic E-state index is 0.994. The Morgan fingerprint density at radius 1 is 1.15 bits per heavy atom. The molecule has 1 heterocycles. The average molecular weight is 167 g/mol. The summed E-state index contributed by atoms with van der Waals surface area (Å²) >= 11 is 0. The van der Waals surface area contributed by atoms with Gasteiger partial charge in [0.2, 0.25) is 0 Å². The van der Waals surface area contributed by atoms with E-state index in [2.05, 4.69) is 41.4 Å². The summed E-state index contributed by atoms with van der Waals surface area (Å²) in [6.45, 7) is 0. The summed E-state index contributed by atoms with van der Waals surface area (Å²) in [6, 6.07) is 8.31. The normalized spacial score (nSPS) is 17.5. The Labute approximate surface area is 77.1 Å². The molecule has 1 aromatic rings. The van der Waals surface area contributed by atoms with Crippen molar-refractivity contribution in [1.29, 1.82) is 0 Å². The fourth-order valence-corrected chi connectivity index (χ4v) is 1.85. The molecule has 0 fully saturated rings. The second-order valence-corrected chi connectivity index (χ2v) is 3.35. The van der Waals surface area contributed by atoms with Crippen LogP contribution in [-0.2, 0) is 0 Å². The number of benzene rings is 1. The van der Waals surface area contributed by atoms with Crippen LogP contribution in [-0.4, -0.2) is 5.71 Å². The Morgan fingerprint density at radius 3 is 3.08 bits per heavy atom. The number of aliphatic imine (C=N–C) groups is 1. The molecule has 0 saturated heterocycles. The van der Waals surface area contributed by atoms with E-state index in [1.807, 2.05) is 6.07 Å². The van der Waals surface area contributed by atoms with Crippen LogP contribution in [0.1, 0.15) is 12.0 Å².